The molecule has 0 aliphatic carbocycles. The number of aryl methyl sites for hydroxylation is 2. The number of methoxy groups -OCH3 is 1. The second-order valence-electron chi connectivity index (χ2n) is 6.14. The molecule has 2 aromatic carbocycles. The zero-order valence-electron chi connectivity index (χ0n) is 15.9. The van der Waals surface area contributed by atoms with Crippen molar-refractivity contribution in [3.05, 3.63) is 70.0 Å². The van der Waals surface area contributed by atoms with E-state index in [0.29, 0.717) is 11.4 Å². The van der Waals surface area contributed by atoms with E-state index in [9.17, 15) is 10.1 Å². The third-order valence-electron chi connectivity index (χ3n) is 4.26. The Hall–Kier alpha value is -3.68. The largest absolute Gasteiger partial charge is 0.495 e. The van der Waals surface area contributed by atoms with Crippen LogP contribution in [0, 0.1) is 17.0 Å². The summed E-state index contributed by atoms with van der Waals surface area (Å²) in [7, 11) is 1.54. The first kappa shape index (κ1) is 19.1. The van der Waals surface area contributed by atoms with E-state index in [1.54, 1.807) is 13.2 Å². The highest BCUT2D eigenvalue weighted by Gasteiger charge is 2.24. The van der Waals surface area contributed by atoms with Crippen molar-refractivity contribution in [3.63, 3.8) is 0 Å². The highest BCUT2D eigenvalue weighted by Crippen LogP contribution is 2.36. The Morgan fingerprint density at radius 3 is 2.39 bits per heavy atom. The van der Waals surface area contributed by atoms with Crippen LogP contribution in [-0.4, -0.2) is 22.0 Å². The standard InChI is InChI=1S/C20H21N5O3/c1-4-14-7-5-6-8-15(14)23-19-18(25(26)27)20(22-12-21-19)24-16-11-13(2)9-10-17(16)28-3/h5-12H,4H2,1-3H3,(H2,21,22,23,24). The molecule has 3 aromatic rings. The van der Waals surface area contributed by atoms with E-state index in [0.717, 1.165) is 23.2 Å². The lowest BCUT2D eigenvalue weighted by atomic mass is 10.1. The average Bonchev–Trinajstić information content (AvgIpc) is 2.68. The average molecular weight is 379 g/mol. The van der Waals surface area contributed by atoms with Gasteiger partial charge in [0, 0.05) is 5.69 Å². The van der Waals surface area contributed by atoms with Crippen molar-refractivity contribution in [2.75, 3.05) is 17.7 Å². The number of hydrogen-bond acceptors (Lipinski definition) is 7. The normalized spacial score (nSPS) is 10.4. The van der Waals surface area contributed by atoms with E-state index in [-0.39, 0.29) is 17.3 Å². The number of nitrogens with zero attached hydrogens (tertiary/aromatic N) is 3. The summed E-state index contributed by atoms with van der Waals surface area (Å²) < 4.78 is 5.34. The molecule has 0 saturated carbocycles. The number of hydrogen-bond donors (Lipinski definition) is 2. The maximum Gasteiger partial charge on any atom is 0.353 e. The zero-order valence-corrected chi connectivity index (χ0v) is 15.9. The van der Waals surface area contributed by atoms with Crippen molar-refractivity contribution in [2.24, 2.45) is 0 Å². The second kappa shape index (κ2) is 8.34. The summed E-state index contributed by atoms with van der Waals surface area (Å²) >= 11 is 0. The summed E-state index contributed by atoms with van der Waals surface area (Å²) in [6.45, 7) is 3.94. The Bertz CT molecular complexity index is 1010. The second-order valence-corrected chi connectivity index (χ2v) is 6.14. The first-order valence-electron chi connectivity index (χ1n) is 8.79. The van der Waals surface area contributed by atoms with Gasteiger partial charge in [0.05, 0.1) is 17.7 Å². The van der Waals surface area contributed by atoms with Gasteiger partial charge in [-0.25, -0.2) is 9.97 Å². The van der Waals surface area contributed by atoms with Crippen molar-refractivity contribution < 1.29 is 9.66 Å². The van der Waals surface area contributed by atoms with Crippen molar-refractivity contribution in [1.82, 2.24) is 9.97 Å². The number of ether oxygens (including phenoxy) is 1. The Labute approximate surface area is 162 Å². The lowest BCUT2D eigenvalue weighted by Crippen LogP contribution is -2.07. The summed E-state index contributed by atoms with van der Waals surface area (Å²) in [5, 5.41) is 17.9. The van der Waals surface area contributed by atoms with Gasteiger partial charge in [0.1, 0.15) is 12.1 Å². The molecule has 2 N–H and O–H groups in total. The Morgan fingerprint density at radius 2 is 1.75 bits per heavy atom. The van der Waals surface area contributed by atoms with Gasteiger partial charge in [-0.3, -0.25) is 10.1 Å². The minimum atomic E-state index is -0.499. The molecule has 0 fully saturated rings. The molecule has 8 heteroatoms. The number of anilines is 4. The maximum atomic E-state index is 11.8. The van der Waals surface area contributed by atoms with E-state index >= 15 is 0 Å². The van der Waals surface area contributed by atoms with Gasteiger partial charge in [0.2, 0.25) is 11.6 Å². The predicted molar refractivity (Wildman–Crippen MR) is 109 cm³/mol. The van der Waals surface area contributed by atoms with Crippen molar-refractivity contribution in [3.8, 4) is 5.75 Å². The molecule has 0 unspecified atom stereocenters. The van der Waals surface area contributed by atoms with Crippen molar-refractivity contribution in [1.29, 1.82) is 0 Å². The molecule has 8 nitrogen and oxygen atoms in total. The molecule has 0 aliphatic rings. The van der Waals surface area contributed by atoms with Gasteiger partial charge in [-0.2, -0.15) is 0 Å². The summed E-state index contributed by atoms with van der Waals surface area (Å²) in [5.41, 5.74) is 3.13. The highest BCUT2D eigenvalue weighted by molar-refractivity contribution is 5.79. The lowest BCUT2D eigenvalue weighted by molar-refractivity contribution is -0.383. The fourth-order valence-corrected chi connectivity index (χ4v) is 2.86. The Kier molecular flexibility index (Phi) is 5.69. The summed E-state index contributed by atoms with van der Waals surface area (Å²) in [6, 6.07) is 13.1. The van der Waals surface area contributed by atoms with Crippen LogP contribution in [0.2, 0.25) is 0 Å². The molecule has 0 radical (unpaired) electrons. The number of aromatic nitrogens is 2. The van der Waals surface area contributed by atoms with Crippen LogP contribution in [-0.2, 0) is 6.42 Å². The molecule has 0 bridgehead atoms. The van der Waals surface area contributed by atoms with Crippen LogP contribution >= 0.6 is 0 Å². The van der Waals surface area contributed by atoms with Crippen LogP contribution in [0.25, 0.3) is 0 Å². The summed E-state index contributed by atoms with van der Waals surface area (Å²) in [4.78, 5) is 19.5. The molecule has 0 saturated heterocycles. The van der Waals surface area contributed by atoms with Gasteiger partial charge < -0.3 is 15.4 Å². The van der Waals surface area contributed by atoms with E-state index in [4.69, 9.17) is 4.74 Å². The minimum Gasteiger partial charge on any atom is -0.495 e. The molecular weight excluding hydrogens is 358 g/mol. The van der Waals surface area contributed by atoms with E-state index < -0.39 is 4.92 Å². The molecule has 0 amide bonds. The number of para-hydroxylation sites is 1. The van der Waals surface area contributed by atoms with Crippen LogP contribution in [0.5, 0.6) is 5.75 Å². The van der Waals surface area contributed by atoms with Gasteiger partial charge in [-0.1, -0.05) is 31.2 Å². The van der Waals surface area contributed by atoms with E-state index in [1.807, 2.05) is 50.2 Å². The van der Waals surface area contributed by atoms with Crippen LogP contribution in [0.4, 0.5) is 28.7 Å². The molecule has 28 heavy (non-hydrogen) atoms. The maximum absolute atomic E-state index is 11.8. The van der Waals surface area contributed by atoms with Crippen LogP contribution in [0.3, 0.4) is 0 Å². The predicted octanol–water partition coefficient (Wildman–Crippen LogP) is 4.75. The fraction of sp³-hybridized carbons (Fsp3) is 0.200. The van der Waals surface area contributed by atoms with Gasteiger partial charge >= 0.3 is 5.69 Å². The molecule has 0 spiro atoms. The van der Waals surface area contributed by atoms with Crippen LogP contribution in [0.15, 0.2) is 48.8 Å². The Balaban J connectivity index is 2.03. The lowest BCUT2D eigenvalue weighted by Gasteiger charge is -2.14. The van der Waals surface area contributed by atoms with Gasteiger partial charge in [-0.05, 0) is 42.7 Å². The summed E-state index contributed by atoms with van der Waals surface area (Å²) in [6.07, 6.45) is 2.07. The smallest absolute Gasteiger partial charge is 0.353 e. The quantitative estimate of drug-likeness (QED) is 0.451. The molecule has 1 heterocycles. The number of nitrogens with one attached hydrogen (secondary N) is 2. The van der Waals surface area contributed by atoms with Gasteiger partial charge in [-0.15, -0.1) is 0 Å². The molecule has 3 rings (SSSR count). The Morgan fingerprint density at radius 1 is 1.07 bits per heavy atom. The number of rotatable bonds is 7. The van der Waals surface area contributed by atoms with E-state index in [2.05, 4.69) is 20.6 Å². The molecule has 0 aliphatic heterocycles. The number of benzene rings is 2. The van der Waals surface area contributed by atoms with Gasteiger partial charge in [0.25, 0.3) is 0 Å². The van der Waals surface area contributed by atoms with E-state index in [1.165, 1.54) is 6.33 Å². The number of nitro groups is 1. The monoisotopic (exact) mass is 379 g/mol. The fourth-order valence-electron chi connectivity index (χ4n) is 2.86. The summed E-state index contributed by atoms with van der Waals surface area (Å²) in [5.74, 6) is 0.764. The first-order valence-corrected chi connectivity index (χ1v) is 8.79. The molecule has 144 valence electrons. The van der Waals surface area contributed by atoms with Crippen molar-refractivity contribution in [2.45, 2.75) is 20.3 Å². The minimum absolute atomic E-state index is 0.0837. The van der Waals surface area contributed by atoms with Gasteiger partial charge in [0.15, 0.2) is 0 Å². The third-order valence-corrected chi connectivity index (χ3v) is 4.26. The highest BCUT2D eigenvalue weighted by atomic mass is 16.6. The first-order chi connectivity index (χ1) is 13.5. The SMILES string of the molecule is CCc1ccccc1Nc1ncnc(Nc2cc(C)ccc2OC)c1[N+](=O)[O-]. The van der Waals surface area contributed by atoms with Crippen molar-refractivity contribution >= 4 is 28.7 Å². The molecule has 1 aromatic heterocycles. The molecule has 0 atom stereocenters. The van der Waals surface area contributed by atoms with Crippen LogP contribution < -0.4 is 15.4 Å². The third kappa shape index (κ3) is 4.01. The topological polar surface area (TPSA) is 102 Å². The zero-order chi connectivity index (χ0) is 20.1. The molecular formula is C20H21N5O3. The van der Waals surface area contributed by atoms with Crippen LogP contribution in [0.1, 0.15) is 18.1 Å².